The zero-order chi connectivity index (χ0) is 13.5. The van der Waals surface area contributed by atoms with Crippen LogP contribution in [0.4, 0.5) is 5.82 Å². The fourth-order valence-corrected chi connectivity index (χ4v) is 4.16. The third kappa shape index (κ3) is 2.23. The van der Waals surface area contributed by atoms with Crippen LogP contribution in [-0.2, 0) is 9.84 Å². The highest BCUT2D eigenvalue weighted by atomic mass is 32.2. The van der Waals surface area contributed by atoms with Gasteiger partial charge in [0.2, 0.25) is 0 Å². The van der Waals surface area contributed by atoms with Gasteiger partial charge in [0.05, 0.1) is 23.7 Å². The lowest BCUT2D eigenvalue weighted by atomic mass is 10.1. The van der Waals surface area contributed by atoms with E-state index < -0.39 is 9.84 Å². The average molecular weight is 277 g/mol. The molecule has 1 fully saturated rings. The predicted molar refractivity (Wildman–Crippen MR) is 74.4 cm³/mol. The minimum absolute atomic E-state index is 0.132. The maximum Gasteiger partial charge on any atom is 0.152 e. The molecule has 1 aromatic heterocycles. The van der Waals surface area contributed by atoms with Gasteiger partial charge in [-0.15, -0.1) is 0 Å². The van der Waals surface area contributed by atoms with E-state index in [1.165, 1.54) is 0 Å². The first-order valence-corrected chi connectivity index (χ1v) is 7.98. The monoisotopic (exact) mass is 277 g/mol. The number of sulfone groups is 1. The van der Waals surface area contributed by atoms with Gasteiger partial charge in [0.25, 0.3) is 0 Å². The van der Waals surface area contributed by atoms with Crippen molar-refractivity contribution in [3.05, 3.63) is 36.5 Å². The molecule has 1 atom stereocenters. The van der Waals surface area contributed by atoms with Crippen LogP contribution in [0.15, 0.2) is 36.5 Å². The van der Waals surface area contributed by atoms with E-state index in [-0.39, 0.29) is 17.5 Å². The Labute approximate surface area is 112 Å². The molecule has 2 heterocycles. The molecule has 0 unspecified atom stereocenters. The van der Waals surface area contributed by atoms with E-state index >= 15 is 0 Å². The Morgan fingerprint density at radius 1 is 1.26 bits per heavy atom. The third-order valence-electron chi connectivity index (χ3n) is 3.47. The van der Waals surface area contributed by atoms with Gasteiger partial charge in [-0.2, -0.15) is 5.10 Å². The molecule has 5 nitrogen and oxygen atoms in total. The Hall–Kier alpha value is -1.82. The molecule has 6 heteroatoms. The van der Waals surface area contributed by atoms with Gasteiger partial charge in [-0.25, -0.2) is 13.1 Å². The van der Waals surface area contributed by atoms with Crippen LogP contribution in [0, 0.1) is 0 Å². The molecule has 1 aromatic carbocycles. The first-order chi connectivity index (χ1) is 9.07. The van der Waals surface area contributed by atoms with Crippen molar-refractivity contribution < 1.29 is 8.42 Å². The first-order valence-electron chi connectivity index (χ1n) is 6.16. The quantitative estimate of drug-likeness (QED) is 0.902. The Balaban J connectivity index is 1.96. The van der Waals surface area contributed by atoms with E-state index in [1.807, 2.05) is 30.3 Å². The molecule has 3 rings (SSSR count). The van der Waals surface area contributed by atoms with Crippen molar-refractivity contribution in [2.45, 2.75) is 12.5 Å². The summed E-state index contributed by atoms with van der Waals surface area (Å²) in [4.78, 5) is 0. The summed E-state index contributed by atoms with van der Waals surface area (Å²) in [6.45, 7) is 0. The number of anilines is 1. The smallest absolute Gasteiger partial charge is 0.152 e. The highest BCUT2D eigenvalue weighted by Gasteiger charge is 2.31. The second-order valence-electron chi connectivity index (χ2n) is 4.81. The summed E-state index contributed by atoms with van der Waals surface area (Å²) in [5, 5.41) is 4.27. The summed E-state index contributed by atoms with van der Waals surface area (Å²) in [6.07, 6.45) is 2.29. The number of nitrogens with two attached hydrogens (primary N) is 1. The molecule has 1 aliphatic rings. The number of nitrogen functional groups attached to an aromatic ring is 1. The molecular formula is C13H15N3O2S. The normalized spacial score (nSPS) is 21.6. The van der Waals surface area contributed by atoms with Crippen LogP contribution in [-0.4, -0.2) is 29.7 Å². The van der Waals surface area contributed by atoms with E-state index in [0.29, 0.717) is 12.2 Å². The van der Waals surface area contributed by atoms with Crippen molar-refractivity contribution >= 4 is 15.7 Å². The van der Waals surface area contributed by atoms with Crippen LogP contribution >= 0.6 is 0 Å². The average Bonchev–Trinajstić information content (AvgIpc) is 2.93. The summed E-state index contributed by atoms with van der Waals surface area (Å²) in [6, 6.07) is 9.60. The molecule has 2 N–H and O–H groups in total. The highest BCUT2D eigenvalue weighted by molar-refractivity contribution is 7.91. The van der Waals surface area contributed by atoms with E-state index in [1.54, 1.807) is 10.9 Å². The lowest BCUT2D eigenvalue weighted by Gasteiger charge is -2.11. The molecule has 0 aliphatic carbocycles. The van der Waals surface area contributed by atoms with Crippen LogP contribution < -0.4 is 5.73 Å². The minimum atomic E-state index is -2.93. The van der Waals surface area contributed by atoms with Gasteiger partial charge >= 0.3 is 0 Å². The standard InChI is InChI=1S/C13H15N3O2S/c14-13-12(10-4-2-1-3-5-10)8-15-16(13)11-6-7-19(17,18)9-11/h1-5,8,11H,6-7,9,14H2/t11-/m1/s1. The van der Waals surface area contributed by atoms with Gasteiger partial charge in [0.1, 0.15) is 5.82 Å². The molecule has 2 aromatic rings. The third-order valence-corrected chi connectivity index (χ3v) is 5.22. The SMILES string of the molecule is Nc1c(-c2ccccc2)cnn1[C@@H]1CCS(=O)(=O)C1. The Morgan fingerprint density at radius 3 is 2.63 bits per heavy atom. The van der Waals surface area contributed by atoms with Crippen LogP contribution in [0.3, 0.4) is 0 Å². The van der Waals surface area contributed by atoms with Gasteiger partial charge in [-0.3, -0.25) is 0 Å². The molecular weight excluding hydrogens is 262 g/mol. The number of aromatic nitrogens is 2. The van der Waals surface area contributed by atoms with Crippen molar-refractivity contribution in [1.29, 1.82) is 0 Å². The number of benzene rings is 1. The maximum atomic E-state index is 11.5. The molecule has 0 amide bonds. The molecule has 1 aliphatic heterocycles. The number of hydrogen-bond acceptors (Lipinski definition) is 4. The number of rotatable bonds is 2. The van der Waals surface area contributed by atoms with Gasteiger partial charge in [0.15, 0.2) is 9.84 Å². The summed E-state index contributed by atoms with van der Waals surface area (Å²) >= 11 is 0. The molecule has 1 saturated heterocycles. The van der Waals surface area contributed by atoms with E-state index in [9.17, 15) is 8.42 Å². The van der Waals surface area contributed by atoms with E-state index in [2.05, 4.69) is 5.10 Å². The van der Waals surface area contributed by atoms with Crippen molar-refractivity contribution in [3.63, 3.8) is 0 Å². The molecule has 0 spiro atoms. The van der Waals surface area contributed by atoms with E-state index in [4.69, 9.17) is 5.73 Å². The zero-order valence-corrected chi connectivity index (χ0v) is 11.2. The van der Waals surface area contributed by atoms with Crippen molar-refractivity contribution in [2.24, 2.45) is 0 Å². The number of hydrogen-bond donors (Lipinski definition) is 1. The van der Waals surface area contributed by atoms with Crippen molar-refractivity contribution in [1.82, 2.24) is 9.78 Å². The molecule has 0 radical (unpaired) electrons. The van der Waals surface area contributed by atoms with Gasteiger partial charge in [-0.05, 0) is 12.0 Å². The Morgan fingerprint density at radius 2 is 2.00 bits per heavy atom. The second-order valence-corrected chi connectivity index (χ2v) is 7.04. The summed E-state index contributed by atoms with van der Waals surface area (Å²) < 4.78 is 24.7. The van der Waals surface area contributed by atoms with Crippen LogP contribution in [0.2, 0.25) is 0 Å². The summed E-state index contributed by atoms with van der Waals surface area (Å²) in [5.41, 5.74) is 7.95. The maximum absolute atomic E-state index is 11.5. The zero-order valence-electron chi connectivity index (χ0n) is 10.4. The van der Waals surface area contributed by atoms with Crippen LogP contribution in [0.5, 0.6) is 0 Å². The highest BCUT2D eigenvalue weighted by Crippen LogP contribution is 2.31. The molecule has 0 bridgehead atoms. The fraction of sp³-hybridized carbons (Fsp3) is 0.308. The molecule has 19 heavy (non-hydrogen) atoms. The Kier molecular flexibility index (Phi) is 2.82. The van der Waals surface area contributed by atoms with Gasteiger partial charge < -0.3 is 5.73 Å². The lowest BCUT2D eigenvalue weighted by Crippen LogP contribution is -2.14. The molecule has 0 saturated carbocycles. The second kappa shape index (κ2) is 4.38. The van der Waals surface area contributed by atoms with Crippen LogP contribution in [0.25, 0.3) is 11.1 Å². The van der Waals surface area contributed by atoms with Crippen molar-refractivity contribution in [3.8, 4) is 11.1 Å². The Bertz CT molecular complexity index is 692. The molecule has 100 valence electrons. The van der Waals surface area contributed by atoms with Gasteiger partial charge in [0, 0.05) is 5.56 Å². The fourth-order valence-electron chi connectivity index (χ4n) is 2.47. The lowest BCUT2D eigenvalue weighted by molar-refractivity contribution is 0.507. The largest absolute Gasteiger partial charge is 0.383 e. The topological polar surface area (TPSA) is 78.0 Å². The van der Waals surface area contributed by atoms with Gasteiger partial charge in [-0.1, -0.05) is 30.3 Å². The summed E-state index contributed by atoms with van der Waals surface area (Å²) in [5.74, 6) is 0.887. The minimum Gasteiger partial charge on any atom is -0.383 e. The van der Waals surface area contributed by atoms with E-state index in [0.717, 1.165) is 11.1 Å². The van der Waals surface area contributed by atoms with Crippen molar-refractivity contribution in [2.75, 3.05) is 17.2 Å². The first kappa shape index (κ1) is 12.2. The number of nitrogens with zero attached hydrogens (tertiary/aromatic N) is 2. The predicted octanol–water partition coefficient (Wildman–Crippen LogP) is 1.49. The summed E-state index contributed by atoms with van der Waals surface area (Å²) in [7, 11) is -2.93. The van der Waals surface area contributed by atoms with Crippen LogP contribution in [0.1, 0.15) is 12.5 Å².